The van der Waals surface area contributed by atoms with Crippen LogP contribution in [0.2, 0.25) is 0 Å². The lowest BCUT2D eigenvalue weighted by Gasteiger charge is -2.15. The van der Waals surface area contributed by atoms with Crippen molar-refractivity contribution >= 4 is 10.9 Å². The van der Waals surface area contributed by atoms with Crippen molar-refractivity contribution in [1.29, 1.82) is 0 Å². The summed E-state index contributed by atoms with van der Waals surface area (Å²) in [5.41, 5.74) is -3.73. The molecule has 0 unspecified atom stereocenters. The van der Waals surface area contributed by atoms with Crippen LogP contribution in [0, 0.1) is 0 Å². The van der Waals surface area contributed by atoms with Crippen LogP contribution in [0.1, 0.15) is 11.3 Å². The van der Waals surface area contributed by atoms with Crippen LogP contribution in [0.25, 0.3) is 22.2 Å². The largest absolute Gasteiger partial charge is 0.434 e. The fourth-order valence-corrected chi connectivity index (χ4v) is 2.36. The van der Waals surface area contributed by atoms with Gasteiger partial charge in [0.2, 0.25) is 0 Å². The van der Waals surface area contributed by atoms with Gasteiger partial charge in [0.1, 0.15) is 0 Å². The second-order valence-corrected chi connectivity index (χ2v) is 4.97. The summed E-state index contributed by atoms with van der Waals surface area (Å²) in [6.45, 7) is 0. The van der Waals surface area contributed by atoms with Crippen molar-refractivity contribution in [2.24, 2.45) is 0 Å². The fourth-order valence-electron chi connectivity index (χ4n) is 2.36. The Labute approximate surface area is 131 Å². The first-order chi connectivity index (χ1) is 11.2. The third kappa shape index (κ3) is 2.91. The molecule has 2 aromatic heterocycles. The van der Waals surface area contributed by atoms with Crippen LogP contribution >= 0.6 is 0 Å². The third-order valence-electron chi connectivity index (χ3n) is 3.36. The molecule has 0 fully saturated rings. The van der Waals surface area contributed by atoms with Gasteiger partial charge in [-0.3, -0.25) is 4.98 Å². The summed E-state index contributed by atoms with van der Waals surface area (Å²) < 4.78 is 79.1. The van der Waals surface area contributed by atoms with Gasteiger partial charge in [0.05, 0.1) is 16.8 Å². The number of fused-ring (bicyclic) bond motifs is 1. The number of rotatable bonds is 1. The van der Waals surface area contributed by atoms with Crippen molar-refractivity contribution in [2.75, 3.05) is 0 Å². The lowest BCUT2D eigenvalue weighted by Crippen LogP contribution is -2.13. The maximum Gasteiger partial charge on any atom is 0.434 e. The molecule has 24 heavy (non-hydrogen) atoms. The van der Waals surface area contributed by atoms with Crippen LogP contribution in [0.5, 0.6) is 0 Å². The van der Waals surface area contributed by atoms with Gasteiger partial charge in [0.15, 0.2) is 5.69 Å². The monoisotopic (exact) mass is 342 g/mol. The molecule has 0 amide bonds. The van der Waals surface area contributed by atoms with Crippen LogP contribution in [0.15, 0.2) is 48.7 Å². The minimum atomic E-state index is -4.92. The van der Waals surface area contributed by atoms with Gasteiger partial charge < -0.3 is 0 Å². The lowest BCUT2D eigenvalue weighted by molar-refractivity contribution is -0.141. The lowest BCUT2D eigenvalue weighted by atomic mass is 10.0. The van der Waals surface area contributed by atoms with Crippen LogP contribution in [0.3, 0.4) is 0 Å². The maximum absolute atomic E-state index is 13.3. The number of hydrogen-bond acceptors (Lipinski definition) is 2. The minimum absolute atomic E-state index is 0.0170. The second kappa shape index (κ2) is 5.47. The Hall–Kier alpha value is -2.64. The zero-order valence-corrected chi connectivity index (χ0v) is 11.8. The quantitative estimate of drug-likeness (QED) is 0.558. The number of aromatic nitrogens is 2. The Balaban J connectivity index is 2.38. The molecule has 0 bridgehead atoms. The zero-order valence-electron chi connectivity index (χ0n) is 11.8. The normalized spacial score (nSPS) is 12.6. The molecule has 0 N–H and O–H groups in total. The smallest absolute Gasteiger partial charge is 0.256 e. The van der Waals surface area contributed by atoms with Gasteiger partial charge in [0.25, 0.3) is 0 Å². The van der Waals surface area contributed by atoms with E-state index in [2.05, 4.69) is 9.97 Å². The first-order valence-corrected chi connectivity index (χ1v) is 6.67. The van der Waals surface area contributed by atoms with Crippen molar-refractivity contribution in [3.63, 3.8) is 0 Å². The molecule has 0 saturated carbocycles. The van der Waals surface area contributed by atoms with Gasteiger partial charge in [-0.15, -0.1) is 0 Å². The standard InChI is InChI=1S/C16H8F6N2/c17-15(18,19)11-5-3-4-9-8-10(12-6-1-2-7-23-12)14(16(20,21)22)24-13(9)11/h1-8H. The predicted octanol–water partition coefficient (Wildman–Crippen LogP) is 5.33. The average molecular weight is 342 g/mol. The molecular weight excluding hydrogens is 334 g/mol. The molecule has 0 aliphatic carbocycles. The van der Waals surface area contributed by atoms with Gasteiger partial charge >= 0.3 is 12.4 Å². The first kappa shape index (κ1) is 16.2. The van der Waals surface area contributed by atoms with E-state index in [4.69, 9.17) is 0 Å². The highest BCUT2D eigenvalue weighted by Gasteiger charge is 2.39. The summed E-state index contributed by atoms with van der Waals surface area (Å²) in [5, 5.41) is -0.0431. The van der Waals surface area contributed by atoms with Crippen molar-refractivity contribution in [3.05, 3.63) is 59.9 Å². The Morgan fingerprint density at radius 1 is 0.792 bits per heavy atom. The predicted molar refractivity (Wildman–Crippen MR) is 75.0 cm³/mol. The molecule has 2 heterocycles. The Bertz CT molecular complexity index is 885. The fraction of sp³-hybridized carbons (Fsp3) is 0.125. The second-order valence-electron chi connectivity index (χ2n) is 4.97. The van der Waals surface area contributed by atoms with Gasteiger partial charge in [-0.05, 0) is 24.3 Å². The summed E-state index contributed by atoms with van der Waals surface area (Å²) in [6.07, 6.45) is -8.42. The number of halogens is 6. The molecule has 2 nitrogen and oxygen atoms in total. The molecule has 3 aromatic rings. The van der Waals surface area contributed by atoms with E-state index in [1.165, 1.54) is 30.5 Å². The van der Waals surface area contributed by atoms with Crippen molar-refractivity contribution in [3.8, 4) is 11.3 Å². The summed E-state index contributed by atoms with van der Waals surface area (Å²) in [6, 6.07) is 8.49. The van der Waals surface area contributed by atoms with Gasteiger partial charge in [0, 0.05) is 17.1 Å². The molecule has 8 heteroatoms. The van der Waals surface area contributed by atoms with Crippen LogP contribution in [-0.4, -0.2) is 9.97 Å². The molecule has 1 aromatic carbocycles. The van der Waals surface area contributed by atoms with E-state index in [0.29, 0.717) is 6.07 Å². The SMILES string of the molecule is FC(F)(F)c1nc2c(C(F)(F)F)cccc2cc1-c1ccccn1. The topological polar surface area (TPSA) is 25.8 Å². The Morgan fingerprint density at radius 3 is 2.12 bits per heavy atom. The highest BCUT2D eigenvalue weighted by Crippen LogP contribution is 2.40. The van der Waals surface area contributed by atoms with E-state index in [9.17, 15) is 26.3 Å². The van der Waals surface area contributed by atoms with Crippen molar-refractivity contribution < 1.29 is 26.3 Å². The highest BCUT2D eigenvalue weighted by molar-refractivity contribution is 5.87. The van der Waals surface area contributed by atoms with E-state index in [0.717, 1.165) is 12.1 Å². The number of nitrogens with zero attached hydrogens (tertiary/aromatic N) is 2. The molecule has 0 spiro atoms. The summed E-state index contributed by atoms with van der Waals surface area (Å²) >= 11 is 0. The van der Waals surface area contributed by atoms with Crippen molar-refractivity contribution in [2.45, 2.75) is 12.4 Å². The molecule has 0 aliphatic rings. The van der Waals surface area contributed by atoms with E-state index >= 15 is 0 Å². The number of alkyl halides is 6. The molecule has 0 aliphatic heterocycles. The van der Waals surface area contributed by atoms with E-state index in [1.807, 2.05) is 0 Å². The number of para-hydroxylation sites is 1. The molecule has 124 valence electrons. The maximum atomic E-state index is 13.3. The van der Waals surface area contributed by atoms with Gasteiger partial charge in [-0.1, -0.05) is 18.2 Å². The summed E-state index contributed by atoms with van der Waals surface area (Å²) in [5.74, 6) is 0. The Kier molecular flexibility index (Phi) is 3.70. The third-order valence-corrected chi connectivity index (χ3v) is 3.36. The average Bonchev–Trinajstić information content (AvgIpc) is 2.52. The molecule has 3 rings (SSSR count). The Morgan fingerprint density at radius 2 is 1.54 bits per heavy atom. The number of hydrogen-bond donors (Lipinski definition) is 0. The number of pyridine rings is 2. The highest BCUT2D eigenvalue weighted by atomic mass is 19.4. The molecule has 0 saturated heterocycles. The summed E-state index contributed by atoms with van der Waals surface area (Å²) in [7, 11) is 0. The van der Waals surface area contributed by atoms with E-state index < -0.39 is 29.1 Å². The van der Waals surface area contributed by atoms with E-state index in [-0.39, 0.29) is 16.6 Å². The number of benzene rings is 1. The zero-order chi connectivity index (χ0) is 17.5. The molecule has 0 atom stereocenters. The minimum Gasteiger partial charge on any atom is -0.256 e. The van der Waals surface area contributed by atoms with Gasteiger partial charge in [-0.25, -0.2) is 4.98 Å². The molecular formula is C16H8F6N2. The van der Waals surface area contributed by atoms with E-state index in [1.54, 1.807) is 0 Å². The summed E-state index contributed by atoms with van der Waals surface area (Å²) in [4.78, 5) is 7.14. The van der Waals surface area contributed by atoms with Crippen molar-refractivity contribution in [1.82, 2.24) is 9.97 Å². The van der Waals surface area contributed by atoms with Crippen LogP contribution in [0.4, 0.5) is 26.3 Å². The van der Waals surface area contributed by atoms with Gasteiger partial charge in [-0.2, -0.15) is 26.3 Å². The first-order valence-electron chi connectivity index (χ1n) is 6.67. The van der Waals surface area contributed by atoms with Crippen LogP contribution < -0.4 is 0 Å². The van der Waals surface area contributed by atoms with Crippen LogP contribution in [-0.2, 0) is 12.4 Å². The molecule has 0 radical (unpaired) electrons.